The summed E-state index contributed by atoms with van der Waals surface area (Å²) in [6, 6.07) is 11.7. The molecule has 2 rings (SSSR count). The van der Waals surface area contributed by atoms with Crippen LogP contribution >= 0.6 is 34.9 Å². The number of benzene rings is 1. The van der Waals surface area contributed by atoms with Crippen LogP contribution in [0.2, 0.25) is 0 Å². The van der Waals surface area contributed by atoms with Crippen molar-refractivity contribution in [3.63, 3.8) is 0 Å². The first-order valence-electron chi connectivity index (χ1n) is 8.49. The summed E-state index contributed by atoms with van der Waals surface area (Å²) >= 11 is 5.05. The quantitative estimate of drug-likeness (QED) is 0.411. The third-order valence-electron chi connectivity index (χ3n) is 3.20. The van der Waals surface area contributed by atoms with Crippen LogP contribution in [0, 0.1) is 0 Å². The Morgan fingerprint density at radius 1 is 1.08 bits per heavy atom. The largest absolute Gasteiger partial charge is 0.368 e. The van der Waals surface area contributed by atoms with Crippen molar-refractivity contribution in [3.8, 4) is 0 Å². The Kier molecular flexibility index (Phi) is 8.11. The first-order valence-corrected chi connectivity index (χ1v) is 11.8. The molecule has 0 aliphatic carbocycles. The second kappa shape index (κ2) is 9.86. The molecule has 0 bridgehead atoms. The summed E-state index contributed by atoms with van der Waals surface area (Å²) in [4.78, 5) is 1.08. The van der Waals surface area contributed by atoms with E-state index in [0.29, 0.717) is 0 Å². The number of hydrogen-bond donors (Lipinski definition) is 1. The van der Waals surface area contributed by atoms with Crippen molar-refractivity contribution in [1.29, 1.82) is 0 Å². The summed E-state index contributed by atoms with van der Waals surface area (Å²) < 4.78 is 26.2. The highest BCUT2D eigenvalue weighted by atomic mass is 79.9. The van der Waals surface area contributed by atoms with Crippen molar-refractivity contribution in [3.05, 3.63) is 57.2 Å². The molecule has 1 aromatic carbocycles. The maximum absolute atomic E-state index is 13.6. The van der Waals surface area contributed by atoms with Crippen LogP contribution in [0.5, 0.6) is 0 Å². The Balaban J connectivity index is 2.35. The molecule has 0 aliphatic heterocycles. The van der Waals surface area contributed by atoms with E-state index in [1.165, 1.54) is 0 Å². The van der Waals surface area contributed by atoms with Gasteiger partial charge in [-0.25, -0.2) is 0 Å². The van der Waals surface area contributed by atoms with Gasteiger partial charge in [0.15, 0.2) is 0 Å². The second-order valence-electron chi connectivity index (χ2n) is 6.32. The maximum atomic E-state index is 13.6. The number of rotatable bonds is 9. The molecular formula is C19H25BrNO3PS. The second-order valence-corrected chi connectivity index (χ2v) is 10.3. The van der Waals surface area contributed by atoms with Crippen LogP contribution in [0.3, 0.4) is 0 Å². The van der Waals surface area contributed by atoms with E-state index in [1.807, 2.05) is 81.6 Å². The SMILES string of the molecule is CC(C)OP(=O)(OC(C)C)[C@H](/C=C/c1cccs1)Nc1ccc(Br)cc1. The number of thiophene rings is 1. The monoisotopic (exact) mass is 457 g/mol. The fraction of sp³-hybridized carbons (Fsp3) is 0.368. The third kappa shape index (κ3) is 6.67. The van der Waals surface area contributed by atoms with E-state index in [9.17, 15) is 4.57 Å². The van der Waals surface area contributed by atoms with Gasteiger partial charge in [-0.2, -0.15) is 0 Å². The number of halogens is 1. The molecule has 4 nitrogen and oxygen atoms in total. The van der Waals surface area contributed by atoms with Crippen molar-refractivity contribution < 1.29 is 13.6 Å². The van der Waals surface area contributed by atoms with Crippen molar-refractivity contribution in [2.45, 2.75) is 45.7 Å². The number of nitrogens with one attached hydrogen (secondary N) is 1. The van der Waals surface area contributed by atoms with Crippen molar-refractivity contribution in [2.75, 3.05) is 5.32 Å². The van der Waals surface area contributed by atoms with E-state index >= 15 is 0 Å². The molecular weight excluding hydrogens is 433 g/mol. The lowest BCUT2D eigenvalue weighted by atomic mass is 10.3. The number of anilines is 1. The molecule has 0 radical (unpaired) electrons. The van der Waals surface area contributed by atoms with E-state index in [1.54, 1.807) is 11.3 Å². The van der Waals surface area contributed by atoms with Crippen molar-refractivity contribution in [1.82, 2.24) is 0 Å². The Morgan fingerprint density at radius 3 is 2.19 bits per heavy atom. The van der Waals surface area contributed by atoms with Crippen molar-refractivity contribution in [2.24, 2.45) is 0 Å². The van der Waals surface area contributed by atoms with Gasteiger partial charge in [0.1, 0.15) is 5.78 Å². The molecule has 26 heavy (non-hydrogen) atoms. The highest BCUT2D eigenvalue weighted by molar-refractivity contribution is 9.10. The first kappa shape index (κ1) is 21.4. The molecule has 0 aliphatic rings. The molecule has 7 heteroatoms. The minimum Gasteiger partial charge on any atom is -0.368 e. The highest BCUT2D eigenvalue weighted by Crippen LogP contribution is 2.55. The van der Waals surface area contributed by atoms with Gasteiger partial charge in [0.25, 0.3) is 0 Å². The topological polar surface area (TPSA) is 47.6 Å². The Hall–Kier alpha value is -0.910. The smallest absolute Gasteiger partial charge is 0.357 e. The molecule has 0 saturated heterocycles. The number of hydrogen-bond acceptors (Lipinski definition) is 5. The minimum absolute atomic E-state index is 0.219. The molecule has 1 aromatic heterocycles. The molecule has 1 heterocycles. The van der Waals surface area contributed by atoms with Gasteiger partial charge in [-0.1, -0.05) is 22.0 Å². The predicted octanol–water partition coefficient (Wildman–Crippen LogP) is 7.01. The average Bonchev–Trinajstić information content (AvgIpc) is 3.04. The normalized spacial score (nSPS) is 13.7. The molecule has 1 N–H and O–H groups in total. The molecule has 0 unspecified atom stereocenters. The van der Waals surface area contributed by atoms with Gasteiger partial charge < -0.3 is 14.4 Å². The lowest BCUT2D eigenvalue weighted by Crippen LogP contribution is -2.23. The molecule has 0 saturated carbocycles. The van der Waals surface area contributed by atoms with Gasteiger partial charge in [0, 0.05) is 15.0 Å². The molecule has 1 atom stereocenters. The van der Waals surface area contributed by atoms with Gasteiger partial charge in [-0.05, 0) is 75.6 Å². The molecule has 0 amide bonds. The summed E-state index contributed by atoms with van der Waals surface area (Å²) in [7, 11) is -3.44. The van der Waals surface area contributed by atoms with Gasteiger partial charge in [-0.15, -0.1) is 11.3 Å². The van der Waals surface area contributed by atoms with Crippen LogP contribution in [-0.2, 0) is 13.6 Å². The summed E-state index contributed by atoms with van der Waals surface area (Å²) in [6.45, 7) is 7.43. The van der Waals surface area contributed by atoms with Gasteiger partial charge >= 0.3 is 7.60 Å². The van der Waals surface area contributed by atoms with Gasteiger partial charge in [0.2, 0.25) is 0 Å². The maximum Gasteiger partial charge on any atom is 0.357 e. The van der Waals surface area contributed by atoms with Crippen LogP contribution in [-0.4, -0.2) is 18.0 Å². The zero-order valence-electron chi connectivity index (χ0n) is 15.4. The molecule has 0 spiro atoms. The fourth-order valence-corrected chi connectivity index (χ4v) is 5.25. The van der Waals surface area contributed by atoms with Gasteiger partial charge in [0.05, 0.1) is 12.2 Å². The summed E-state index contributed by atoms with van der Waals surface area (Å²) in [6.07, 6.45) is 3.37. The van der Waals surface area contributed by atoms with Crippen LogP contribution in [0.4, 0.5) is 5.69 Å². The van der Waals surface area contributed by atoms with E-state index < -0.39 is 13.4 Å². The van der Waals surface area contributed by atoms with E-state index in [4.69, 9.17) is 9.05 Å². The van der Waals surface area contributed by atoms with Crippen LogP contribution < -0.4 is 5.32 Å². The minimum atomic E-state index is -3.44. The summed E-state index contributed by atoms with van der Waals surface area (Å²) in [5.74, 6) is -0.601. The van der Waals surface area contributed by atoms with E-state index in [2.05, 4.69) is 21.2 Å². The zero-order valence-corrected chi connectivity index (χ0v) is 18.7. The molecule has 0 fully saturated rings. The van der Waals surface area contributed by atoms with Crippen molar-refractivity contribution >= 4 is 46.6 Å². The lowest BCUT2D eigenvalue weighted by molar-refractivity contribution is 0.140. The fourth-order valence-electron chi connectivity index (χ4n) is 2.27. The Labute approximate surface area is 168 Å². The highest BCUT2D eigenvalue weighted by Gasteiger charge is 2.36. The standard InChI is InChI=1S/C19H25BrNO3PS/c1-14(2)23-25(22,24-15(3)4)19(12-11-18-6-5-13-26-18)21-17-9-7-16(20)8-10-17/h5-15,19,21H,1-4H3/b12-11+/t19-/m1/s1. The predicted molar refractivity (Wildman–Crippen MR) is 115 cm³/mol. The lowest BCUT2D eigenvalue weighted by Gasteiger charge is -2.29. The Morgan fingerprint density at radius 2 is 1.69 bits per heavy atom. The molecule has 142 valence electrons. The average molecular weight is 458 g/mol. The van der Waals surface area contributed by atoms with Crippen LogP contribution in [0.1, 0.15) is 32.6 Å². The van der Waals surface area contributed by atoms with Gasteiger partial charge in [-0.3, -0.25) is 4.57 Å². The summed E-state index contributed by atoms with van der Waals surface area (Å²) in [5, 5.41) is 5.31. The summed E-state index contributed by atoms with van der Waals surface area (Å²) in [5.41, 5.74) is 0.842. The van der Waals surface area contributed by atoms with E-state index in [-0.39, 0.29) is 12.2 Å². The molecule has 2 aromatic rings. The zero-order chi connectivity index (χ0) is 19.2. The third-order valence-corrected chi connectivity index (χ3v) is 6.98. The van der Waals surface area contributed by atoms with Crippen LogP contribution in [0.15, 0.2) is 52.3 Å². The first-order chi connectivity index (χ1) is 12.3. The van der Waals surface area contributed by atoms with E-state index in [0.717, 1.165) is 15.0 Å². The van der Waals surface area contributed by atoms with Crippen LogP contribution in [0.25, 0.3) is 6.08 Å². The Bertz CT molecular complexity index is 731.